The normalized spacial score (nSPS) is 12.3. The fraction of sp³-hybridized carbons (Fsp3) is 0.316. The van der Waals surface area contributed by atoms with Gasteiger partial charge in [-0.15, -0.1) is 0 Å². The van der Waals surface area contributed by atoms with Crippen LogP contribution in [0, 0.1) is 6.92 Å². The fourth-order valence-corrected chi connectivity index (χ4v) is 2.72. The SMILES string of the molecule is Cc1ccc(OC[C@@H](C)NC(=O)c2ccc(N(C)S(C)(=O)=O)cc2)cc1. The Kier molecular flexibility index (Phi) is 6.26. The summed E-state index contributed by atoms with van der Waals surface area (Å²) in [5, 5.41) is 2.86. The predicted octanol–water partition coefficient (Wildman–Crippen LogP) is 2.59. The van der Waals surface area contributed by atoms with Gasteiger partial charge in [0.05, 0.1) is 18.0 Å². The molecule has 0 saturated carbocycles. The first kappa shape index (κ1) is 19.8. The Morgan fingerprint density at radius 1 is 1.12 bits per heavy atom. The highest BCUT2D eigenvalue weighted by molar-refractivity contribution is 7.92. The predicted molar refractivity (Wildman–Crippen MR) is 103 cm³/mol. The number of ether oxygens (including phenoxy) is 1. The molecule has 0 bridgehead atoms. The van der Waals surface area contributed by atoms with E-state index in [2.05, 4.69) is 5.32 Å². The summed E-state index contributed by atoms with van der Waals surface area (Å²) in [5.74, 6) is 0.517. The van der Waals surface area contributed by atoms with Crippen LogP contribution in [-0.2, 0) is 10.0 Å². The molecule has 6 nitrogen and oxygen atoms in total. The number of carbonyl (C=O) groups excluding carboxylic acids is 1. The number of rotatable bonds is 7. The maximum Gasteiger partial charge on any atom is 0.251 e. The molecule has 0 aliphatic heterocycles. The molecule has 26 heavy (non-hydrogen) atoms. The average Bonchev–Trinajstić information content (AvgIpc) is 2.60. The van der Waals surface area contributed by atoms with Crippen molar-refractivity contribution in [3.05, 3.63) is 59.7 Å². The minimum atomic E-state index is -3.33. The third-order valence-corrected chi connectivity index (χ3v) is 5.09. The Morgan fingerprint density at radius 2 is 1.69 bits per heavy atom. The van der Waals surface area contributed by atoms with E-state index in [4.69, 9.17) is 4.74 Å². The van der Waals surface area contributed by atoms with Crippen LogP contribution in [0.3, 0.4) is 0 Å². The first-order valence-corrected chi connectivity index (χ1v) is 10.1. The number of nitrogens with one attached hydrogen (secondary N) is 1. The first-order valence-electron chi connectivity index (χ1n) is 8.21. The van der Waals surface area contributed by atoms with Crippen LogP contribution in [0.4, 0.5) is 5.69 Å². The van der Waals surface area contributed by atoms with E-state index in [-0.39, 0.29) is 11.9 Å². The van der Waals surface area contributed by atoms with Gasteiger partial charge in [0, 0.05) is 12.6 Å². The lowest BCUT2D eigenvalue weighted by Gasteiger charge is -2.17. The molecule has 0 unspecified atom stereocenters. The number of carbonyl (C=O) groups is 1. The zero-order valence-corrected chi connectivity index (χ0v) is 16.2. The van der Waals surface area contributed by atoms with Crippen molar-refractivity contribution in [2.75, 3.05) is 24.2 Å². The third kappa shape index (κ3) is 5.49. The number of sulfonamides is 1. The van der Waals surface area contributed by atoms with Crippen LogP contribution in [0.15, 0.2) is 48.5 Å². The number of aryl methyl sites for hydroxylation is 1. The maximum absolute atomic E-state index is 12.3. The van der Waals surface area contributed by atoms with Crippen LogP contribution in [0.5, 0.6) is 5.75 Å². The minimum absolute atomic E-state index is 0.179. The van der Waals surface area contributed by atoms with E-state index in [9.17, 15) is 13.2 Å². The second-order valence-electron chi connectivity index (χ2n) is 6.28. The quantitative estimate of drug-likeness (QED) is 0.806. The second-order valence-corrected chi connectivity index (χ2v) is 8.29. The summed E-state index contributed by atoms with van der Waals surface area (Å²) in [6.45, 7) is 4.22. The molecule has 0 radical (unpaired) electrons. The van der Waals surface area contributed by atoms with E-state index in [0.717, 1.165) is 21.9 Å². The van der Waals surface area contributed by atoms with Crippen molar-refractivity contribution < 1.29 is 17.9 Å². The molecular weight excluding hydrogens is 352 g/mol. The molecule has 0 aliphatic carbocycles. The van der Waals surface area contributed by atoms with Crippen molar-refractivity contribution in [2.45, 2.75) is 19.9 Å². The van der Waals surface area contributed by atoms with Gasteiger partial charge in [-0.1, -0.05) is 17.7 Å². The van der Waals surface area contributed by atoms with Gasteiger partial charge in [0.25, 0.3) is 5.91 Å². The molecule has 1 N–H and O–H groups in total. The van der Waals surface area contributed by atoms with Gasteiger partial charge in [-0.2, -0.15) is 0 Å². The second kappa shape index (κ2) is 8.23. The van der Waals surface area contributed by atoms with Crippen LogP contribution in [-0.4, -0.2) is 40.3 Å². The third-order valence-electron chi connectivity index (χ3n) is 3.89. The highest BCUT2D eigenvalue weighted by Crippen LogP contribution is 2.16. The van der Waals surface area contributed by atoms with Crippen molar-refractivity contribution in [3.8, 4) is 5.75 Å². The topological polar surface area (TPSA) is 75.7 Å². The van der Waals surface area contributed by atoms with Crippen LogP contribution >= 0.6 is 0 Å². The van der Waals surface area contributed by atoms with Crippen molar-refractivity contribution in [3.63, 3.8) is 0 Å². The summed E-state index contributed by atoms with van der Waals surface area (Å²) in [6, 6.07) is 13.9. The Hall–Kier alpha value is -2.54. The molecule has 7 heteroatoms. The fourth-order valence-electron chi connectivity index (χ4n) is 2.22. The summed E-state index contributed by atoms with van der Waals surface area (Å²) in [5.41, 5.74) is 2.11. The minimum Gasteiger partial charge on any atom is -0.491 e. The van der Waals surface area contributed by atoms with Gasteiger partial charge in [0.2, 0.25) is 10.0 Å². The molecule has 0 saturated heterocycles. The molecule has 0 heterocycles. The first-order chi connectivity index (χ1) is 12.2. The average molecular weight is 376 g/mol. The van der Waals surface area contributed by atoms with Crippen LogP contribution in [0.25, 0.3) is 0 Å². The number of amides is 1. The maximum atomic E-state index is 12.3. The summed E-state index contributed by atoms with van der Waals surface area (Å²) >= 11 is 0. The molecule has 2 aromatic rings. The van der Waals surface area contributed by atoms with Gasteiger partial charge in [-0.05, 0) is 50.2 Å². The van der Waals surface area contributed by atoms with Crippen molar-refractivity contribution in [2.24, 2.45) is 0 Å². The number of nitrogens with zero attached hydrogens (tertiary/aromatic N) is 1. The highest BCUT2D eigenvalue weighted by atomic mass is 32.2. The van der Waals surface area contributed by atoms with Crippen molar-refractivity contribution in [1.29, 1.82) is 0 Å². The van der Waals surface area contributed by atoms with Gasteiger partial charge in [-0.25, -0.2) is 8.42 Å². The highest BCUT2D eigenvalue weighted by Gasteiger charge is 2.14. The van der Waals surface area contributed by atoms with E-state index < -0.39 is 10.0 Å². The van der Waals surface area contributed by atoms with Crippen LogP contribution < -0.4 is 14.4 Å². The van der Waals surface area contributed by atoms with Gasteiger partial charge >= 0.3 is 0 Å². The number of benzene rings is 2. The van der Waals surface area contributed by atoms with E-state index >= 15 is 0 Å². The molecular formula is C19H24N2O4S. The lowest BCUT2D eigenvalue weighted by atomic mass is 10.2. The van der Waals surface area contributed by atoms with Crippen LogP contribution in [0.1, 0.15) is 22.8 Å². The summed E-state index contributed by atoms with van der Waals surface area (Å²) in [6.07, 6.45) is 1.13. The number of anilines is 1. The zero-order valence-electron chi connectivity index (χ0n) is 15.4. The van der Waals surface area contributed by atoms with Gasteiger partial charge in [0.15, 0.2) is 0 Å². The van der Waals surface area contributed by atoms with E-state index in [0.29, 0.717) is 17.9 Å². The van der Waals surface area contributed by atoms with Crippen molar-refractivity contribution in [1.82, 2.24) is 5.32 Å². The van der Waals surface area contributed by atoms with Gasteiger partial charge in [-0.3, -0.25) is 9.10 Å². The molecule has 140 valence electrons. The number of hydrogen-bond donors (Lipinski definition) is 1. The Morgan fingerprint density at radius 3 is 2.23 bits per heavy atom. The lowest BCUT2D eigenvalue weighted by Crippen LogP contribution is -2.36. The molecule has 0 fully saturated rings. The largest absolute Gasteiger partial charge is 0.491 e. The molecule has 2 aromatic carbocycles. The molecule has 0 aromatic heterocycles. The molecule has 2 rings (SSSR count). The zero-order chi connectivity index (χ0) is 19.3. The summed E-state index contributed by atoms with van der Waals surface area (Å²) in [7, 11) is -1.86. The Labute approximate surface area is 154 Å². The van der Waals surface area contributed by atoms with Gasteiger partial charge < -0.3 is 10.1 Å². The van der Waals surface area contributed by atoms with E-state index in [1.807, 2.05) is 38.1 Å². The Balaban J connectivity index is 1.91. The molecule has 1 amide bonds. The van der Waals surface area contributed by atoms with E-state index in [1.54, 1.807) is 24.3 Å². The Bertz CT molecular complexity index is 846. The number of hydrogen-bond acceptors (Lipinski definition) is 4. The molecule has 0 aliphatic rings. The lowest BCUT2D eigenvalue weighted by molar-refractivity contribution is 0.0926. The van der Waals surface area contributed by atoms with Crippen molar-refractivity contribution >= 4 is 21.6 Å². The van der Waals surface area contributed by atoms with E-state index in [1.165, 1.54) is 7.05 Å². The van der Waals surface area contributed by atoms with Gasteiger partial charge in [0.1, 0.15) is 12.4 Å². The molecule has 0 spiro atoms. The van der Waals surface area contributed by atoms with Crippen LogP contribution in [0.2, 0.25) is 0 Å². The summed E-state index contributed by atoms with van der Waals surface area (Å²) in [4.78, 5) is 12.3. The molecule has 1 atom stereocenters. The summed E-state index contributed by atoms with van der Waals surface area (Å²) < 4.78 is 29.9. The smallest absolute Gasteiger partial charge is 0.251 e. The standard InChI is InChI=1S/C19H24N2O4S/c1-14-5-11-18(12-6-14)25-13-15(2)20-19(22)16-7-9-17(10-8-16)21(3)26(4,23)24/h5-12,15H,13H2,1-4H3,(H,20,22)/t15-/m1/s1. The monoisotopic (exact) mass is 376 g/mol.